The maximum absolute atomic E-state index is 4.86. The second-order valence-corrected chi connectivity index (χ2v) is 7.41. The summed E-state index contributed by atoms with van der Waals surface area (Å²) in [6.07, 6.45) is 1.03. The number of fused-ring (bicyclic) bond motifs is 1. The lowest BCUT2D eigenvalue weighted by atomic mass is 10.2. The molecule has 0 N–H and O–H groups in total. The number of hydrogen-bond donors (Lipinski definition) is 0. The zero-order valence-electron chi connectivity index (χ0n) is 14.8. The predicted octanol–water partition coefficient (Wildman–Crippen LogP) is 3.28. The number of benzene rings is 1. The van der Waals surface area contributed by atoms with Crippen LogP contribution in [-0.2, 0) is 13.0 Å². The van der Waals surface area contributed by atoms with Crippen molar-refractivity contribution >= 4 is 28.2 Å². The van der Waals surface area contributed by atoms with Gasteiger partial charge in [0.15, 0.2) is 5.82 Å². The Balaban J connectivity index is 1.44. The van der Waals surface area contributed by atoms with Gasteiger partial charge in [-0.25, -0.2) is 15.0 Å². The summed E-state index contributed by atoms with van der Waals surface area (Å²) in [5.41, 5.74) is 4.16. The fraction of sp³-hybridized carbons (Fsp3) is 0.421. The Morgan fingerprint density at radius 2 is 1.72 bits per heavy atom. The van der Waals surface area contributed by atoms with E-state index in [0.29, 0.717) is 0 Å². The van der Waals surface area contributed by atoms with Crippen LogP contribution in [-0.4, -0.2) is 46.0 Å². The van der Waals surface area contributed by atoms with E-state index in [-0.39, 0.29) is 0 Å². The number of aromatic nitrogens is 3. The van der Waals surface area contributed by atoms with Gasteiger partial charge in [-0.2, -0.15) is 0 Å². The molecule has 1 saturated heterocycles. The normalized spacial score (nSPS) is 15.8. The van der Waals surface area contributed by atoms with Gasteiger partial charge in [-0.1, -0.05) is 19.1 Å². The fourth-order valence-corrected chi connectivity index (χ4v) is 4.05. The first-order valence-electron chi connectivity index (χ1n) is 8.87. The SMILES string of the molecule is CCc1nc(CN2CCN(c3nc4ccccc4nc3C)CC2)cs1. The second-order valence-electron chi connectivity index (χ2n) is 6.47. The van der Waals surface area contributed by atoms with Gasteiger partial charge in [0.2, 0.25) is 0 Å². The van der Waals surface area contributed by atoms with Gasteiger partial charge in [-0.15, -0.1) is 11.3 Å². The first kappa shape index (κ1) is 16.4. The van der Waals surface area contributed by atoms with Crippen LogP contribution in [0, 0.1) is 6.92 Å². The zero-order chi connectivity index (χ0) is 17.2. The van der Waals surface area contributed by atoms with Crippen LogP contribution in [0.2, 0.25) is 0 Å². The molecule has 5 nitrogen and oxygen atoms in total. The van der Waals surface area contributed by atoms with E-state index >= 15 is 0 Å². The molecule has 6 heteroatoms. The molecule has 130 valence electrons. The number of anilines is 1. The van der Waals surface area contributed by atoms with Crippen LogP contribution in [0.5, 0.6) is 0 Å². The van der Waals surface area contributed by atoms with Crippen molar-refractivity contribution in [3.63, 3.8) is 0 Å². The molecule has 3 aromatic rings. The summed E-state index contributed by atoms with van der Waals surface area (Å²) in [6, 6.07) is 8.09. The molecule has 1 fully saturated rings. The highest BCUT2D eigenvalue weighted by Gasteiger charge is 2.21. The first-order valence-corrected chi connectivity index (χ1v) is 9.75. The molecule has 3 heterocycles. The van der Waals surface area contributed by atoms with Crippen LogP contribution >= 0.6 is 11.3 Å². The van der Waals surface area contributed by atoms with E-state index in [9.17, 15) is 0 Å². The lowest BCUT2D eigenvalue weighted by Crippen LogP contribution is -2.46. The van der Waals surface area contributed by atoms with Gasteiger partial charge in [0, 0.05) is 38.1 Å². The Morgan fingerprint density at radius 3 is 2.40 bits per heavy atom. The zero-order valence-corrected chi connectivity index (χ0v) is 15.6. The molecule has 2 aromatic heterocycles. The average Bonchev–Trinajstić information content (AvgIpc) is 3.09. The molecule has 0 amide bonds. The molecule has 4 rings (SSSR count). The van der Waals surface area contributed by atoms with Crippen LogP contribution in [0.4, 0.5) is 5.82 Å². The predicted molar refractivity (Wildman–Crippen MR) is 103 cm³/mol. The van der Waals surface area contributed by atoms with Gasteiger partial charge >= 0.3 is 0 Å². The van der Waals surface area contributed by atoms with Gasteiger partial charge in [-0.05, 0) is 25.5 Å². The summed E-state index contributed by atoms with van der Waals surface area (Å²) in [7, 11) is 0. The maximum atomic E-state index is 4.86. The van der Waals surface area contributed by atoms with Crippen molar-refractivity contribution in [2.24, 2.45) is 0 Å². The summed E-state index contributed by atoms with van der Waals surface area (Å²) < 4.78 is 0. The quantitative estimate of drug-likeness (QED) is 0.720. The number of hydrogen-bond acceptors (Lipinski definition) is 6. The summed E-state index contributed by atoms with van der Waals surface area (Å²) >= 11 is 1.77. The van der Waals surface area contributed by atoms with E-state index < -0.39 is 0 Å². The van der Waals surface area contributed by atoms with E-state index in [4.69, 9.17) is 9.97 Å². The van der Waals surface area contributed by atoms with Gasteiger partial charge in [-0.3, -0.25) is 4.90 Å². The summed E-state index contributed by atoms with van der Waals surface area (Å²) in [5, 5.41) is 3.43. The minimum atomic E-state index is 0.951. The van der Waals surface area contributed by atoms with Crippen LogP contribution in [0.25, 0.3) is 11.0 Å². The van der Waals surface area contributed by atoms with E-state index in [1.807, 2.05) is 24.3 Å². The molecule has 0 aliphatic carbocycles. The molecular formula is C19H23N5S. The molecule has 0 saturated carbocycles. The van der Waals surface area contributed by atoms with Crippen molar-refractivity contribution in [1.29, 1.82) is 0 Å². The lowest BCUT2D eigenvalue weighted by Gasteiger charge is -2.35. The third-order valence-corrected chi connectivity index (χ3v) is 5.72. The van der Waals surface area contributed by atoms with Crippen LogP contribution in [0.1, 0.15) is 23.3 Å². The van der Waals surface area contributed by atoms with E-state index in [0.717, 1.165) is 61.7 Å². The molecule has 0 spiro atoms. The third kappa shape index (κ3) is 3.50. The molecular weight excluding hydrogens is 330 g/mol. The van der Waals surface area contributed by atoms with Crippen molar-refractivity contribution in [2.45, 2.75) is 26.8 Å². The number of thiazole rings is 1. The van der Waals surface area contributed by atoms with Crippen molar-refractivity contribution in [1.82, 2.24) is 19.9 Å². The highest BCUT2D eigenvalue weighted by molar-refractivity contribution is 7.09. The number of para-hydroxylation sites is 2. The number of aryl methyl sites for hydroxylation is 2. The van der Waals surface area contributed by atoms with Crippen molar-refractivity contribution in [3.05, 3.63) is 46.0 Å². The molecule has 25 heavy (non-hydrogen) atoms. The Kier molecular flexibility index (Phi) is 4.63. The Hall–Kier alpha value is -2.05. The summed E-state index contributed by atoms with van der Waals surface area (Å²) in [5.74, 6) is 1.03. The Bertz CT molecular complexity index is 867. The van der Waals surface area contributed by atoms with Crippen molar-refractivity contribution in [2.75, 3.05) is 31.1 Å². The number of nitrogens with zero attached hydrogens (tertiary/aromatic N) is 5. The minimum absolute atomic E-state index is 0.951. The van der Waals surface area contributed by atoms with Crippen LogP contribution in [0.15, 0.2) is 29.6 Å². The standard InChI is InChI=1S/C19H23N5S/c1-3-18-21-15(13-25-18)12-23-8-10-24(11-9-23)19-14(2)20-16-6-4-5-7-17(16)22-19/h4-7,13H,3,8-12H2,1-2H3. The Labute approximate surface area is 152 Å². The first-order chi connectivity index (χ1) is 12.2. The molecule has 1 aliphatic heterocycles. The van der Waals surface area contributed by atoms with Gasteiger partial charge in [0.1, 0.15) is 0 Å². The van der Waals surface area contributed by atoms with E-state index in [1.54, 1.807) is 11.3 Å². The summed E-state index contributed by atoms with van der Waals surface area (Å²) in [6.45, 7) is 9.21. The van der Waals surface area contributed by atoms with E-state index in [2.05, 4.69) is 34.0 Å². The largest absolute Gasteiger partial charge is 0.353 e. The maximum Gasteiger partial charge on any atom is 0.150 e. The van der Waals surface area contributed by atoms with Crippen molar-refractivity contribution in [3.8, 4) is 0 Å². The second kappa shape index (κ2) is 7.06. The molecule has 0 atom stereocenters. The molecule has 0 radical (unpaired) electrons. The molecule has 0 bridgehead atoms. The van der Waals surface area contributed by atoms with Gasteiger partial charge in [0.25, 0.3) is 0 Å². The Morgan fingerprint density at radius 1 is 1.00 bits per heavy atom. The average molecular weight is 353 g/mol. The third-order valence-electron chi connectivity index (χ3n) is 4.68. The van der Waals surface area contributed by atoms with Crippen LogP contribution in [0.3, 0.4) is 0 Å². The van der Waals surface area contributed by atoms with E-state index in [1.165, 1.54) is 10.7 Å². The smallest absolute Gasteiger partial charge is 0.150 e. The highest BCUT2D eigenvalue weighted by atomic mass is 32.1. The highest BCUT2D eigenvalue weighted by Crippen LogP contribution is 2.22. The minimum Gasteiger partial charge on any atom is -0.353 e. The van der Waals surface area contributed by atoms with Crippen LogP contribution < -0.4 is 4.90 Å². The van der Waals surface area contributed by atoms with Gasteiger partial charge in [0.05, 0.1) is 27.4 Å². The molecule has 0 unspecified atom stereocenters. The number of piperazine rings is 1. The monoisotopic (exact) mass is 353 g/mol. The molecule has 1 aliphatic rings. The lowest BCUT2D eigenvalue weighted by molar-refractivity contribution is 0.247. The summed E-state index contributed by atoms with van der Waals surface area (Å²) in [4.78, 5) is 19.1. The number of rotatable bonds is 4. The molecule has 1 aromatic carbocycles. The topological polar surface area (TPSA) is 45.2 Å². The van der Waals surface area contributed by atoms with Crippen molar-refractivity contribution < 1.29 is 0 Å². The fourth-order valence-electron chi connectivity index (χ4n) is 3.31. The van der Waals surface area contributed by atoms with Gasteiger partial charge < -0.3 is 4.90 Å².